The molecule has 0 radical (unpaired) electrons. The quantitative estimate of drug-likeness (QED) is 0.483. The Balaban J connectivity index is 1.53. The van der Waals surface area contributed by atoms with Crippen LogP contribution in [-0.4, -0.2) is 52.2 Å². The molecule has 1 saturated heterocycles. The van der Waals surface area contributed by atoms with Gasteiger partial charge in [-0.3, -0.25) is 4.90 Å². The third-order valence-corrected chi connectivity index (χ3v) is 5.81. The van der Waals surface area contributed by atoms with Gasteiger partial charge in [-0.05, 0) is 38.1 Å². The van der Waals surface area contributed by atoms with Gasteiger partial charge in [-0.2, -0.15) is 4.98 Å². The number of anilines is 1. The van der Waals surface area contributed by atoms with Crippen molar-refractivity contribution in [2.24, 2.45) is 0 Å². The summed E-state index contributed by atoms with van der Waals surface area (Å²) in [4.78, 5) is 14.2. The molecule has 0 atom stereocenters. The molecule has 6 nitrogen and oxygen atoms in total. The lowest BCUT2D eigenvalue weighted by Crippen LogP contribution is -2.49. The highest BCUT2D eigenvalue weighted by Crippen LogP contribution is 2.32. The fraction of sp³-hybridized carbons (Fsp3) is 0.292. The molecule has 5 rings (SSSR count). The van der Waals surface area contributed by atoms with E-state index in [0.29, 0.717) is 23.3 Å². The Morgan fingerprint density at radius 1 is 0.935 bits per heavy atom. The number of pyridine rings is 1. The number of hydrogen-bond donors (Lipinski definition) is 0. The van der Waals surface area contributed by atoms with E-state index in [2.05, 4.69) is 33.8 Å². The average Bonchev–Trinajstić information content (AvgIpc) is 3.28. The van der Waals surface area contributed by atoms with Gasteiger partial charge in [0.05, 0.1) is 11.1 Å². The fourth-order valence-electron chi connectivity index (χ4n) is 4.05. The van der Waals surface area contributed by atoms with Gasteiger partial charge >= 0.3 is 0 Å². The summed E-state index contributed by atoms with van der Waals surface area (Å²) >= 11 is 0. The highest BCUT2D eigenvalue weighted by molar-refractivity contribution is 5.94. The average molecular weight is 417 g/mol. The van der Waals surface area contributed by atoms with Crippen molar-refractivity contribution in [3.63, 3.8) is 0 Å². The van der Waals surface area contributed by atoms with Crippen molar-refractivity contribution in [2.45, 2.75) is 19.9 Å². The maximum atomic E-state index is 13.6. The highest BCUT2D eigenvalue weighted by atomic mass is 19.1. The monoisotopic (exact) mass is 417 g/mol. The van der Waals surface area contributed by atoms with Crippen LogP contribution >= 0.6 is 0 Å². The first-order valence-corrected chi connectivity index (χ1v) is 10.6. The summed E-state index contributed by atoms with van der Waals surface area (Å²) in [6, 6.07) is 16.7. The van der Waals surface area contributed by atoms with E-state index >= 15 is 0 Å². The normalized spacial score (nSPS) is 15.2. The third-order valence-electron chi connectivity index (χ3n) is 5.81. The molecule has 0 aliphatic carbocycles. The topological polar surface area (TPSA) is 58.3 Å². The van der Waals surface area contributed by atoms with Crippen LogP contribution in [0.1, 0.15) is 13.8 Å². The van der Waals surface area contributed by atoms with Crippen molar-refractivity contribution in [3.05, 3.63) is 60.4 Å². The Bertz CT molecular complexity index is 1210. The van der Waals surface area contributed by atoms with Crippen molar-refractivity contribution >= 4 is 16.7 Å². The largest absolute Gasteiger partial charge is 0.354 e. The minimum Gasteiger partial charge on any atom is -0.354 e. The van der Waals surface area contributed by atoms with Crippen LogP contribution in [0.2, 0.25) is 0 Å². The molecular formula is C24H24FN5O. The van der Waals surface area contributed by atoms with E-state index < -0.39 is 0 Å². The standard InChI is InChI=1S/C24H24FN5O/c1-16(2)29-10-12-30(13-11-29)22-15-20(19-8-3-4-9-21(19)26-22)24-27-23(28-31-24)17-6-5-7-18(25)14-17/h3-9,14-16H,10-13H2,1-2H3. The maximum absolute atomic E-state index is 13.6. The van der Waals surface area contributed by atoms with Gasteiger partial charge in [-0.15, -0.1) is 0 Å². The van der Waals surface area contributed by atoms with Crippen molar-refractivity contribution < 1.29 is 8.91 Å². The number of nitrogens with zero attached hydrogens (tertiary/aromatic N) is 5. The van der Waals surface area contributed by atoms with E-state index in [1.165, 1.54) is 12.1 Å². The van der Waals surface area contributed by atoms with Gasteiger partial charge in [-0.25, -0.2) is 9.37 Å². The summed E-state index contributed by atoms with van der Waals surface area (Å²) in [5.74, 6) is 1.34. The third kappa shape index (κ3) is 3.88. The summed E-state index contributed by atoms with van der Waals surface area (Å²) < 4.78 is 19.2. The molecule has 1 aliphatic heterocycles. The number of piperazine rings is 1. The summed E-state index contributed by atoms with van der Waals surface area (Å²) in [5.41, 5.74) is 2.30. The lowest BCUT2D eigenvalue weighted by molar-refractivity contribution is 0.209. The zero-order valence-electron chi connectivity index (χ0n) is 17.6. The van der Waals surface area contributed by atoms with Crippen molar-refractivity contribution in [2.75, 3.05) is 31.1 Å². The van der Waals surface area contributed by atoms with Crippen LogP contribution in [-0.2, 0) is 0 Å². The lowest BCUT2D eigenvalue weighted by Gasteiger charge is -2.37. The molecule has 3 heterocycles. The molecule has 0 spiro atoms. The summed E-state index contributed by atoms with van der Waals surface area (Å²) in [6.07, 6.45) is 0. The van der Waals surface area contributed by atoms with Crippen LogP contribution in [0.4, 0.5) is 10.2 Å². The van der Waals surface area contributed by atoms with Crippen LogP contribution in [0.15, 0.2) is 59.1 Å². The summed E-state index contributed by atoms with van der Waals surface area (Å²) in [6.45, 7) is 8.31. The minimum atomic E-state index is -0.332. The van der Waals surface area contributed by atoms with E-state index in [-0.39, 0.29) is 5.82 Å². The van der Waals surface area contributed by atoms with Crippen LogP contribution in [0.3, 0.4) is 0 Å². The molecule has 1 fully saturated rings. The second-order valence-corrected chi connectivity index (χ2v) is 8.10. The van der Waals surface area contributed by atoms with E-state index in [1.807, 2.05) is 30.3 Å². The second-order valence-electron chi connectivity index (χ2n) is 8.10. The fourth-order valence-corrected chi connectivity index (χ4v) is 4.05. The number of benzene rings is 2. The Labute approximate surface area is 180 Å². The van der Waals surface area contributed by atoms with Crippen LogP contribution < -0.4 is 4.90 Å². The molecule has 31 heavy (non-hydrogen) atoms. The molecule has 7 heteroatoms. The zero-order valence-corrected chi connectivity index (χ0v) is 17.6. The van der Waals surface area contributed by atoms with Crippen molar-refractivity contribution in [1.29, 1.82) is 0 Å². The number of halogens is 1. The Morgan fingerprint density at radius 3 is 2.52 bits per heavy atom. The number of para-hydroxylation sites is 1. The first-order valence-electron chi connectivity index (χ1n) is 10.6. The predicted octanol–water partition coefficient (Wildman–Crippen LogP) is 4.62. The van der Waals surface area contributed by atoms with Crippen molar-refractivity contribution in [3.8, 4) is 22.8 Å². The molecule has 0 saturated carbocycles. The van der Waals surface area contributed by atoms with E-state index in [9.17, 15) is 4.39 Å². The highest BCUT2D eigenvalue weighted by Gasteiger charge is 2.22. The molecule has 0 N–H and O–H groups in total. The molecule has 0 unspecified atom stereocenters. The molecular weight excluding hydrogens is 393 g/mol. The number of rotatable bonds is 4. The van der Waals surface area contributed by atoms with Gasteiger partial charge < -0.3 is 9.42 Å². The molecule has 4 aromatic rings. The maximum Gasteiger partial charge on any atom is 0.259 e. The van der Waals surface area contributed by atoms with Crippen molar-refractivity contribution in [1.82, 2.24) is 20.0 Å². The molecule has 158 valence electrons. The summed E-state index contributed by atoms with van der Waals surface area (Å²) in [5, 5.41) is 5.03. The molecule has 2 aromatic heterocycles. The molecule has 2 aromatic carbocycles. The Hall–Kier alpha value is -3.32. The first-order chi connectivity index (χ1) is 15.1. The van der Waals surface area contributed by atoms with Gasteiger partial charge in [0, 0.05) is 43.2 Å². The number of aromatic nitrogens is 3. The smallest absolute Gasteiger partial charge is 0.259 e. The number of hydrogen-bond acceptors (Lipinski definition) is 6. The van der Waals surface area contributed by atoms with Crippen LogP contribution in [0, 0.1) is 5.82 Å². The molecule has 0 bridgehead atoms. The van der Waals surface area contributed by atoms with Crippen LogP contribution in [0.25, 0.3) is 33.7 Å². The SMILES string of the molecule is CC(C)N1CCN(c2cc(-c3nc(-c4cccc(F)c4)no3)c3ccccc3n2)CC1. The second kappa shape index (κ2) is 8.07. The minimum absolute atomic E-state index is 0.332. The van der Waals surface area contributed by atoms with Gasteiger partial charge in [0.1, 0.15) is 11.6 Å². The first kappa shape index (κ1) is 19.6. The Morgan fingerprint density at radius 2 is 1.74 bits per heavy atom. The van der Waals surface area contributed by atoms with Gasteiger partial charge in [0.25, 0.3) is 5.89 Å². The number of fused-ring (bicyclic) bond motifs is 1. The van der Waals surface area contributed by atoms with Crippen LogP contribution in [0.5, 0.6) is 0 Å². The van der Waals surface area contributed by atoms with Gasteiger partial charge in [0.15, 0.2) is 0 Å². The van der Waals surface area contributed by atoms with E-state index in [4.69, 9.17) is 9.51 Å². The zero-order chi connectivity index (χ0) is 21.4. The molecule has 1 aliphatic rings. The lowest BCUT2D eigenvalue weighted by atomic mass is 10.1. The molecule has 0 amide bonds. The van der Waals surface area contributed by atoms with E-state index in [1.54, 1.807) is 12.1 Å². The van der Waals surface area contributed by atoms with E-state index in [0.717, 1.165) is 48.5 Å². The van der Waals surface area contributed by atoms with Gasteiger partial charge in [-0.1, -0.05) is 35.5 Å². The predicted molar refractivity (Wildman–Crippen MR) is 119 cm³/mol. The summed E-state index contributed by atoms with van der Waals surface area (Å²) in [7, 11) is 0. The van der Waals surface area contributed by atoms with Gasteiger partial charge in [0.2, 0.25) is 5.82 Å². The Kier molecular flexibility index (Phi) is 5.11.